The van der Waals surface area contributed by atoms with Crippen LogP contribution in [0.2, 0.25) is 0 Å². The maximum Gasteiger partial charge on any atom is 0.354 e. The van der Waals surface area contributed by atoms with Gasteiger partial charge in [0, 0.05) is 17.3 Å². The molecule has 2 atom stereocenters. The number of nitrogens with two attached hydrogens (primary N) is 1. The molecule has 32 heavy (non-hydrogen) atoms. The lowest BCUT2D eigenvalue weighted by Gasteiger charge is -2.49. The summed E-state index contributed by atoms with van der Waals surface area (Å²) >= 11 is 3.62. The van der Waals surface area contributed by atoms with Gasteiger partial charge in [-0.05, 0) is 12.1 Å². The number of carboxylic acids is 1. The fourth-order valence-corrected chi connectivity index (χ4v) is 6.11. The average molecular weight is 493 g/mol. The molecule has 2 aliphatic rings. The molecule has 0 aromatic carbocycles. The number of carbonyl (C=O) groups excluding carboxylic acids is 2. The minimum Gasteiger partial charge on any atom is -0.477 e. The number of nitrogen functional groups attached to an aromatic ring is 1. The first-order valence-corrected chi connectivity index (χ1v) is 11.7. The van der Waals surface area contributed by atoms with Crippen LogP contribution in [-0.4, -0.2) is 68.4 Å². The number of rotatable bonds is 7. The molecule has 166 valence electrons. The molecule has 2 aliphatic heterocycles. The molecule has 2 aromatic heterocycles. The molecular formula is C18H16N6O5S3. The van der Waals surface area contributed by atoms with Crippen molar-refractivity contribution in [3.05, 3.63) is 45.4 Å². The van der Waals surface area contributed by atoms with Crippen LogP contribution < -0.4 is 11.1 Å². The van der Waals surface area contributed by atoms with Crippen LogP contribution in [0, 0.1) is 0 Å². The molecule has 1 saturated heterocycles. The summed E-state index contributed by atoms with van der Waals surface area (Å²) < 4.78 is 0.463. The molecule has 4 heterocycles. The normalized spacial score (nSPS) is 20.5. The number of carboxylic acid groups (broad SMARTS) is 1. The van der Waals surface area contributed by atoms with E-state index >= 15 is 0 Å². The number of oxime groups is 1. The van der Waals surface area contributed by atoms with Crippen molar-refractivity contribution in [3.8, 4) is 0 Å². The highest BCUT2D eigenvalue weighted by Gasteiger charge is 2.54. The van der Waals surface area contributed by atoms with Gasteiger partial charge in [-0.25, -0.2) is 14.8 Å². The second-order valence-electron chi connectivity index (χ2n) is 6.44. The van der Waals surface area contributed by atoms with E-state index in [1.165, 1.54) is 35.5 Å². The standard InChI is InChI=1S/C18H16N6O5S3/c1-29-23-11(8-6-31-18(19)21-8)14(25)22-12-9-7-30-17(32-10-4-2-3-5-20-10)13(16(27)28)24(9)15(12)26/h2-6,9,12H,7H2,1H3,(H2,19,21)(H,22,25)(H,27,28). The number of nitrogens with one attached hydrogen (secondary N) is 1. The number of anilines is 1. The van der Waals surface area contributed by atoms with Crippen molar-refractivity contribution in [1.29, 1.82) is 0 Å². The Balaban J connectivity index is 1.53. The van der Waals surface area contributed by atoms with Gasteiger partial charge in [0.05, 0.1) is 10.3 Å². The second kappa shape index (κ2) is 9.18. The third-order valence-corrected chi connectivity index (χ3v) is 7.60. The molecule has 1 fully saturated rings. The molecule has 4 N–H and O–H groups in total. The summed E-state index contributed by atoms with van der Waals surface area (Å²) in [6.45, 7) is 0. The van der Waals surface area contributed by atoms with E-state index in [0.29, 0.717) is 15.0 Å². The highest BCUT2D eigenvalue weighted by Crippen LogP contribution is 2.45. The molecular weight excluding hydrogens is 476 g/mol. The van der Waals surface area contributed by atoms with Crippen LogP contribution in [0.3, 0.4) is 0 Å². The van der Waals surface area contributed by atoms with E-state index in [1.807, 2.05) is 0 Å². The van der Waals surface area contributed by atoms with Crippen molar-refractivity contribution in [3.63, 3.8) is 0 Å². The van der Waals surface area contributed by atoms with Gasteiger partial charge in [-0.2, -0.15) is 0 Å². The number of thiazole rings is 1. The van der Waals surface area contributed by atoms with Crippen LogP contribution in [0.25, 0.3) is 0 Å². The number of amides is 2. The zero-order valence-corrected chi connectivity index (χ0v) is 18.9. The number of hydrogen-bond donors (Lipinski definition) is 3. The molecule has 14 heteroatoms. The Bertz CT molecular complexity index is 1140. The van der Waals surface area contributed by atoms with E-state index in [9.17, 15) is 19.5 Å². The van der Waals surface area contributed by atoms with Gasteiger partial charge in [-0.1, -0.05) is 23.0 Å². The summed E-state index contributed by atoms with van der Waals surface area (Å²) in [4.78, 5) is 51.7. The predicted octanol–water partition coefficient (Wildman–Crippen LogP) is 0.959. The average Bonchev–Trinajstić information content (AvgIpc) is 3.21. The quantitative estimate of drug-likeness (QED) is 0.288. The fourth-order valence-electron chi connectivity index (χ4n) is 3.15. The van der Waals surface area contributed by atoms with Crippen LogP contribution in [0.4, 0.5) is 5.13 Å². The largest absolute Gasteiger partial charge is 0.477 e. The van der Waals surface area contributed by atoms with Crippen molar-refractivity contribution in [1.82, 2.24) is 20.2 Å². The maximum absolute atomic E-state index is 12.8. The number of pyridine rings is 1. The highest BCUT2D eigenvalue weighted by molar-refractivity contribution is 8.22. The SMILES string of the molecule is CON=C(C(=O)NC1C(=O)N2C(C(=O)O)=C(Sc3ccccn3)SCC12)c1csc(N)n1. The molecule has 2 unspecified atom stereocenters. The highest BCUT2D eigenvalue weighted by atomic mass is 32.2. The van der Waals surface area contributed by atoms with Gasteiger partial charge in [0.2, 0.25) is 0 Å². The molecule has 0 bridgehead atoms. The maximum atomic E-state index is 12.8. The number of hydrogen-bond acceptors (Lipinski definition) is 11. The van der Waals surface area contributed by atoms with Gasteiger partial charge in [0.25, 0.3) is 11.8 Å². The summed E-state index contributed by atoms with van der Waals surface area (Å²) in [6, 6.07) is 3.89. The molecule has 4 rings (SSSR count). The van der Waals surface area contributed by atoms with Crippen molar-refractivity contribution in [2.75, 3.05) is 18.6 Å². The molecule has 0 aliphatic carbocycles. The molecule has 0 spiro atoms. The Hall–Kier alpha value is -3.10. The molecule has 2 amide bonds. The summed E-state index contributed by atoms with van der Waals surface area (Å²) in [5.74, 6) is -2.01. The van der Waals surface area contributed by atoms with E-state index in [-0.39, 0.29) is 22.2 Å². The monoisotopic (exact) mass is 492 g/mol. The number of aromatic nitrogens is 2. The van der Waals surface area contributed by atoms with Crippen LogP contribution in [-0.2, 0) is 19.2 Å². The number of nitrogens with zero attached hydrogens (tertiary/aromatic N) is 4. The Morgan fingerprint density at radius 1 is 1.44 bits per heavy atom. The lowest BCUT2D eigenvalue weighted by molar-refractivity contribution is -0.153. The van der Waals surface area contributed by atoms with Gasteiger partial charge in [0.15, 0.2) is 16.5 Å². The van der Waals surface area contributed by atoms with Gasteiger partial charge in [-0.3, -0.25) is 14.5 Å². The number of aliphatic carboxylic acids is 1. The number of β-lactam (4-membered cyclic amide) rings is 1. The number of carbonyl (C=O) groups is 3. The lowest BCUT2D eigenvalue weighted by atomic mass is 9.95. The van der Waals surface area contributed by atoms with E-state index in [4.69, 9.17) is 10.6 Å². The van der Waals surface area contributed by atoms with Gasteiger partial charge < -0.3 is 21.0 Å². The summed E-state index contributed by atoms with van der Waals surface area (Å²) in [7, 11) is 1.28. The van der Waals surface area contributed by atoms with Gasteiger partial charge in [-0.15, -0.1) is 23.1 Å². The minimum absolute atomic E-state index is 0.115. The van der Waals surface area contributed by atoms with Crippen molar-refractivity contribution in [2.45, 2.75) is 17.1 Å². The second-order valence-corrected chi connectivity index (χ2v) is 9.65. The lowest BCUT2D eigenvalue weighted by Crippen LogP contribution is -2.72. The third-order valence-electron chi connectivity index (χ3n) is 4.53. The molecule has 2 aromatic rings. The Kier molecular flexibility index (Phi) is 6.34. The summed E-state index contributed by atoms with van der Waals surface area (Å²) in [6.07, 6.45) is 1.61. The van der Waals surface area contributed by atoms with Gasteiger partial charge >= 0.3 is 5.97 Å². The Labute approximate surface area is 194 Å². The topological polar surface area (TPSA) is 160 Å². The number of fused-ring (bicyclic) bond motifs is 1. The molecule has 11 nitrogen and oxygen atoms in total. The van der Waals surface area contributed by atoms with Crippen LogP contribution in [0.1, 0.15) is 5.69 Å². The van der Waals surface area contributed by atoms with Crippen LogP contribution in [0.5, 0.6) is 0 Å². The zero-order valence-electron chi connectivity index (χ0n) is 16.4. The fraction of sp³-hybridized carbons (Fsp3) is 0.222. The van der Waals surface area contributed by atoms with Crippen molar-refractivity contribution >= 4 is 63.5 Å². The molecule has 0 radical (unpaired) electrons. The van der Waals surface area contributed by atoms with E-state index in [1.54, 1.807) is 29.8 Å². The molecule has 0 saturated carbocycles. The first-order valence-electron chi connectivity index (χ1n) is 9.06. The van der Waals surface area contributed by atoms with Crippen molar-refractivity contribution in [2.24, 2.45) is 5.16 Å². The van der Waals surface area contributed by atoms with E-state index in [0.717, 1.165) is 11.3 Å². The first-order chi connectivity index (χ1) is 15.4. The van der Waals surface area contributed by atoms with Gasteiger partial charge in [0.1, 0.15) is 23.9 Å². The minimum atomic E-state index is -1.22. The zero-order chi connectivity index (χ0) is 22.8. The number of thioether (sulfide) groups is 2. The van der Waals surface area contributed by atoms with Crippen LogP contribution in [0.15, 0.2) is 49.9 Å². The predicted molar refractivity (Wildman–Crippen MR) is 120 cm³/mol. The Morgan fingerprint density at radius 2 is 2.25 bits per heavy atom. The van der Waals surface area contributed by atoms with E-state index < -0.39 is 29.9 Å². The third kappa shape index (κ3) is 4.16. The first kappa shape index (κ1) is 22.1. The Morgan fingerprint density at radius 3 is 2.88 bits per heavy atom. The van der Waals surface area contributed by atoms with E-state index in [2.05, 4.69) is 20.4 Å². The van der Waals surface area contributed by atoms with Crippen molar-refractivity contribution < 1.29 is 24.3 Å². The summed E-state index contributed by atoms with van der Waals surface area (Å²) in [5, 5.41) is 18.5. The summed E-state index contributed by atoms with van der Waals surface area (Å²) in [5.41, 5.74) is 5.59. The van der Waals surface area contributed by atoms with Crippen LogP contribution >= 0.6 is 34.9 Å². The smallest absolute Gasteiger partial charge is 0.354 e.